The van der Waals surface area contributed by atoms with E-state index in [4.69, 9.17) is 0 Å². The first-order chi connectivity index (χ1) is 12.5. The van der Waals surface area contributed by atoms with Crippen LogP contribution >= 0.6 is 0 Å². The number of piperidine rings is 1. The molecule has 1 amide bonds. The van der Waals surface area contributed by atoms with Crippen LogP contribution in [0.2, 0.25) is 0 Å². The van der Waals surface area contributed by atoms with Gasteiger partial charge in [-0.25, -0.2) is 8.78 Å². The maximum atomic E-state index is 13.6. The summed E-state index contributed by atoms with van der Waals surface area (Å²) < 4.78 is 27.3. The molecule has 1 fully saturated rings. The second kappa shape index (κ2) is 8.17. The molecule has 1 unspecified atom stereocenters. The molecule has 138 valence electrons. The predicted octanol–water partition coefficient (Wildman–Crippen LogP) is 4.39. The van der Waals surface area contributed by atoms with Crippen molar-refractivity contribution in [2.75, 3.05) is 28.6 Å². The highest BCUT2D eigenvalue weighted by Gasteiger charge is 2.17. The molecule has 1 heterocycles. The zero-order valence-corrected chi connectivity index (χ0v) is 14.8. The molecule has 2 aromatic rings. The fourth-order valence-electron chi connectivity index (χ4n) is 3.08. The van der Waals surface area contributed by atoms with Gasteiger partial charge < -0.3 is 15.5 Å². The first-order valence-corrected chi connectivity index (χ1v) is 8.91. The second-order valence-electron chi connectivity index (χ2n) is 6.55. The van der Waals surface area contributed by atoms with Crippen LogP contribution < -0.4 is 15.5 Å². The van der Waals surface area contributed by atoms with Crippen LogP contribution in [0.1, 0.15) is 26.2 Å². The summed E-state index contributed by atoms with van der Waals surface area (Å²) in [6, 6.07) is 10.7. The first kappa shape index (κ1) is 18.2. The summed E-state index contributed by atoms with van der Waals surface area (Å²) in [5.41, 5.74) is 1.52. The smallest absolute Gasteiger partial charge is 0.246 e. The minimum atomic E-state index is -0.795. The van der Waals surface area contributed by atoms with Gasteiger partial charge in [0.2, 0.25) is 5.91 Å². The van der Waals surface area contributed by atoms with Crippen LogP contribution in [0.25, 0.3) is 0 Å². The third-order valence-corrected chi connectivity index (χ3v) is 4.58. The van der Waals surface area contributed by atoms with Crippen LogP contribution in [0.15, 0.2) is 42.5 Å². The summed E-state index contributed by atoms with van der Waals surface area (Å²) in [4.78, 5) is 14.6. The Bertz CT molecular complexity index is 738. The number of hydrogen-bond acceptors (Lipinski definition) is 3. The average Bonchev–Trinajstić information content (AvgIpc) is 2.66. The van der Waals surface area contributed by atoms with E-state index >= 15 is 0 Å². The van der Waals surface area contributed by atoms with Crippen molar-refractivity contribution in [2.24, 2.45) is 0 Å². The lowest BCUT2D eigenvalue weighted by Gasteiger charge is -2.29. The molecule has 4 nitrogen and oxygen atoms in total. The molecule has 0 spiro atoms. The van der Waals surface area contributed by atoms with Crippen molar-refractivity contribution in [2.45, 2.75) is 32.2 Å². The molecule has 26 heavy (non-hydrogen) atoms. The van der Waals surface area contributed by atoms with Gasteiger partial charge in [-0.3, -0.25) is 4.79 Å². The molecule has 0 aliphatic carbocycles. The third-order valence-electron chi connectivity index (χ3n) is 4.58. The second-order valence-corrected chi connectivity index (χ2v) is 6.55. The highest BCUT2D eigenvalue weighted by Crippen LogP contribution is 2.22. The summed E-state index contributed by atoms with van der Waals surface area (Å²) in [7, 11) is 0. The van der Waals surface area contributed by atoms with Gasteiger partial charge in [-0.1, -0.05) is 6.07 Å². The van der Waals surface area contributed by atoms with Crippen LogP contribution in [0.3, 0.4) is 0 Å². The minimum absolute atomic E-state index is 0.424. The topological polar surface area (TPSA) is 44.4 Å². The largest absolute Gasteiger partial charge is 0.374 e. The fourth-order valence-corrected chi connectivity index (χ4v) is 3.08. The van der Waals surface area contributed by atoms with Crippen molar-refractivity contribution in [3.05, 3.63) is 54.1 Å². The summed E-state index contributed by atoms with van der Waals surface area (Å²) in [5, 5.41) is 5.36. The van der Waals surface area contributed by atoms with E-state index in [0.717, 1.165) is 30.9 Å². The van der Waals surface area contributed by atoms with Gasteiger partial charge in [-0.2, -0.15) is 0 Å². The number of halogens is 2. The molecule has 0 bridgehead atoms. The van der Waals surface area contributed by atoms with E-state index in [1.54, 1.807) is 6.92 Å². The third kappa shape index (κ3) is 4.31. The Morgan fingerprint density at radius 1 is 1.00 bits per heavy atom. The van der Waals surface area contributed by atoms with Crippen LogP contribution in [-0.4, -0.2) is 25.0 Å². The van der Waals surface area contributed by atoms with Gasteiger partial charge in [0.05, 0.1) is 0 Å². The molecule has 3 rings (SSSR count). The van der Waals surface area contributed by atoms with E-state index in [1.807, 2.05) is 24.3 Å². The van der Waals surface area contributed by atoms with Crippen molar-refractivity contribution in [3.8, 4) is 0 Å². The number of nitrogens with one attached hydrogen (secondary N) is 2. The minimum Gasteiger partial charge on any atom is -0.374 e. The summed E-state index contributed by atoms with van der Waals surface area (Å²) in [6.07, 6.45) is 3.71. The molecular weight excluding hydrogens is 336 g/mol. The monoisotopic (exact) mass is 359 g/mol. The maximum Gasteiger partial charge on any atom is 0.246 e. The molecular formula is C20H23F2N3O. The summed E-state index contributed by atoms with van der Waals surface area (Å²) in [6.45, 7) is 3.78. The summed E-state index contributed by atoms with van der Waals surface area (Å²) >= 11 is 0. The molecule has 0 radical (unpaired) electrons. The highest BCUT2D eigenvalue weighted by molar-refractivity contribution is 5.96. The number of carbonyl (C=O) groups excluding carboxylic acids is 1. The number of rotatable bonds is 5. The summed E-state index contributed by atoms with van der Waals surface area (Å²) in [5.74, 6) is -2.10. The van der Waals surface area contributed by atoms with Crippen LogP contribution in [0, 0.1) is 11.6 Å². The number of carbonyl (C=O) groups is 1. The lowest BCUT2D eigenvalue weighted by Crippen LogP contribution is -2.32. The number of nitrogens with zero attached hydrogens (tertiary/aromatic N) is 1. The molecule has 6 heteroatoms. The van der Waals surface area contributed by atoms with E-state index in [2.05, 4.69) is 15.5 Å². The van der Waals surface area contributed by atoms with Gasteiger partial charge in [-0.15, -0.1) is 0 Å². The van der Waals surface area contributed by atoms with Crippen molar-refractivity contribution in [1.29, 1.82) is 0 Å². The van der Waals surface area contributed by atoms with Crippen molar-refractivity contribution in [3.63, 3.8) is 0 Å². The highest BCUT2D eigenvalue weighted by atomic mass is 19.1. The van der Waals surface area contributed by atoms with E-state index in [1.165, 1.54) is 31.0 Å². The fraction of sp³-hybridized carbons (Fsp3) is 0.350. The van der Waals surface area contributed by atoms with Crippen molar-refractivity contribution in [1.82, 2.24) is 0 Å². The number of amides is 1. The Hall–Kier alpha value is -2.63. The quantitative estimate of drug-likeness (QED) is 0.832. The Balaban J connectivity index is 1.60. The van der Waals surface area contributed by atoms with Gasteiger partial charge in [-0.05, 0) is 62.6 Å². The number of benzene rings is 2. The van der Waals surface area contributed by atoms with E-state index < -0.39 is 29.3 Å². The van der Waals surface area contributed by atoms with Crippen molar-refractivity contribution < 1.29 is 13.6 Å². The average molecular weight is 359 g/mol. The normalized spacial score (nSPS) is 15.4. The Labute approximate surface area is 152 Å². The maximum absolute atomic E-state index is 13.6. The number of anilines is 3. The number of hydrogen-bond donors (Lipinski definition) is 2. The van der Waals surface area contributed by atoms with E-state index in [0.29, 0.717) is 0 Å². The zero-order valence-electron chi connectivity index (χ0n) is 14.8. The van der Waals surface area contributed by atoms with Crippen molar-refractivity contribution >= 4 is 23.0 Å². The lowest BCUT2D eigenvalue weighted by molar-refractivity contribution is -0.116. The standard InChI is InChI=1S/C20H23F2N3O/c1-14(20(26)24-19-17(21)6-5-7-18(19)22)23-15-8-10-16(11-9-15)25-12-3-2-4-13-25/h5-11,14,23H,2-4,12-13H2,1H3,(H,24,26). The van der Waals surface area contributed by atoms with E-state index in [-0.39, 0.29) is 0 Å². The SMILES string of the molecule is CC(Nc1ccc(N2CCCCC2)cc1)C(=O)Nc1c(F)cccc1F. The first-order valence-electron chi connectivity index (χ1n) is 8.91. The van der Waals surface area contributed by atoms with E-state index in [9.17, 15) is 13.6 Å². The Morgan fingerprint density at radius 3 is 2.23 bits per heavy atom. The molecule has 1 atom stereocenters. The molecule has 0 aromatic heterocycles. The molecule has 2 N–H and O–H groups in total. The lowest BCUT2D eigenvalue weighted by atomic mass is 10.1. The van der Waals surface area contributed by atoms with Gasteiger partial charge in [0, 0.05) is 24.5 Å². The van der Waals surface area contributed by atoms with Gasteiger partial charge >= 0.3 is 0 Å². The molecule has 2 aromatic carbocycles. The van der Waals surface area contributed by atoms with Crippen LogP contribution in [-0.2, 0) is 4.79 Å². The van der Waals surface area contributed by atoms with Gasteiger partial charge in [0.25, 0.3) is 0 Å². The Morgan fingerprint density at radius 2 is 1.62 bits per heavy atom. The Kier molecular flexibility index (Phi) is 5.71. The molecule has 1 saturated heterocycles. The number of para-hydroxylation sites is 1. The van der Waals surface area contributed by atoms with Crippen LogP contribution in [0.4, 0.5) is 25.8 Å². The molecule has 0 saturated carbocycles. The van der Waals surface area contributed by atoms with Gasteiger partial charge in [0.15, 0.2) is 0 Å². The zero-order chi connectivity index (χ0) is 18.5. The van der Waals surface area contributed by atoms with Gasteiger partial charge in [0.1, 0.15) is 23.4 Å². The molecule has 1 aliphatic rings. The predicted molar refractivity (Wildman–Crippen MR) is 101 cm³/mol. The van der Waals surface area contributed by atoms with Crippen LogP contribution in [0.5, 0.6) is 0 Å². The molecule has 1 aliphatic heterocycles.